The molecule has 144 valence electrons. The van der Waals surface area contributed by atoms with Gasteiger partial charge in [0.2, 0.25) is 0 Å². The molecule has 1 saturated heterocycles. The third kappa shape index (κ3) is 3.71. The number of hydrogen-bond acceptors (Lipinski definition) is 3. The number of aromatic nitrogens is 2. The van der Waals surface area contributed by atoms with Crippen LogP contribution in [0.5, 0.6) is 0 Å². The molecule has 4 rings (SSSR count). The quantitative estimate of drug-likeness (QED) is 0.675. The summed E-state index contributed by atoms with van der Waals surface area (Å²) in [5.41, 5.74) is 4.32. The summed E-state index contributed by atoms with van der Waals surface area (Å²) in [7, 11) is 1.84. The number of hydrogen-bond donors (Lipinski definition) is 0. The Kier molecular flexibility index (Phi) is 5.26. The van der Waals surface area contributed by atoms with Crippen molar-refractivity contribution in [3.05, 3.63) is 71.9 Å². The van der Waals surface area contributed by atoms with Crippen molar-refractivity contribution in [1.29, 1.82) is 0 Å². The minimum Gasteiger partial charge on any atom is -0.376 e. The molecule has 0 bridgehead atoms. The van der Waals surface area contributed by atoms with Crippen LogP contribution in [0.2, 0.25) is 0 Å². The molecule has 1 aliphatic heterocycles. The van der Waals surface area contributed by atoms with Crippen LogP contribution >= 0.6 is 0 Å². The fourth-order valence-corrected chi connectivity index (χ4v) is 3.66. The van der Waals surface area contributed by atoms with Crippen molar-refractivity contribution in [3.8, 4) is 16.9 Å². The lowest BCUT2D eigenvalue weighted by Gasteiger charge is -2.20. The van der Waals surface area contributed by atoms with Crippen molar-refractivity contribution in [2.24, 2.45) is 0 Å². The first-order valence-corrected chi connectivity index (χ1v) is 9.71. The van der Waals surface area contributed by atoms with Crippen LogP contribution in [0, 0.1) is 6.92 Å². The molecule has 1 amide bonds. The smallest absolute Gasteiger partial charge is 0.257 e. The van der Waals surface area contributed by atoms with Gasteiger partial charge in [0.15, 0.2) is 0 Å². The molecule has 0 aliphatic carbocycles. The average Bonchev–Trinajstić information content (AvgIpc) is 3.38. The minimum absolute atomic E-state index is 0.0315. The lowest BCUT2D eigenvalue weighted by atomic mass is 10.0. The number of carbonyl (C=O) groups excluding carboxylic acids is 1. The van der Waals surface area contributed by atoms with Gasteiger partial charge in [-0.25, -0.2) is 4.68 Å². The van der Waals surface area contributed by atoms with Gasteiger partial charge in [0.25, 0.3) is 5.91 Å². The highest BCUT2D eigenvalue weighted by Crippen LogP contribution is 2.28. The molecule has 1 aromatic heterocycles. The van der Waals surface area contributed by atoms with Gasteiger partial charge in [-0.3, -0.25) is 4.79 Å². The molecule has 0 saturated carbocycles. The Balaban J connectivity index is 1.73. The van der Waals surface area contributed by atoms with Crippen LogP contribution in [0.25, 0.3) is 16.9 Å². The number of aryl methyl sites for hydroxylation is 1. The number of carbonyl (C=O) groups is 1. The molecule has 1 atom stereocenters. The molecule has 1 unspecified atom stereocenters. The van der Waals surface area contributed by atoms with Gasteiger partial charge >= 0.3 is 0 Å². The number of ether oxygens (including phenoxy) is 1. The number of likely N-dealkylation sites (N-methyl/N-ethyl adjacent to an activating group) is 1. The van der Waals surface area contributed by atoms with E-state index in [0.29, 0.717) is 17.8 Å². The van der Waals surface area contributed by atoms with Crippen LogP contribution in [-0.2, 0) is 4.74 Å². The summed E-state index contributed by atoms with van der Waals surface area (Å²) in [6.07, 6.45) is 4.03. The van der Waals surface area contributed by atoms with Gasteiger partial charge in [0.1, 0.15) is 5.69 Å². The Hall–Kier alpha value is -2.92. The molecule has 3 aromatic rings. The number of rotatable bonds is 5. The predicted molar refractivity (Wildman–Crippen MR) is 110 cm³/mol. The molecular weight excluding hydrogens is 350 g/mol. The Morgan fingerprint density at radius 3 is 2.64 bits per heavy atom. The van der Waals surface area contributed by atoms with Gasteiger partial charge in [-0.05, 0) is 37.5 Å². The molecule has 5 nitrogen and oxygen atoms in total. The molecule has 1 fully saturated rings. The third-order valence-corrected chi connectivity index (χ3v) is 5.21. The highest BCUT2D eigenvalue weighted by molar-refractivity contribution is 6.00. The molecular formula is C23H25N3O2. The van der Waals surface area contributed by atoms with Gasteiger partial charge in [-0.15, -0.1) is 0 Å². The molecule has 2 heterocycles. The van der Waals surface area contributed by atoms with E-state index in [0.717, 1.165) is 36.3 Å². The van der Waals surface area contributed by atoms with Crippen molar-refractivity contribution in [1.82, 2.24) is 14.7 Å². The second-order valence-corrected chi connectivity index (χ2v) is 7.31. The first-order chi connectivity index (χ1) is 13.6. The molecule has 0 radical (unpaired) electrons. The monoisotopic (exact) mass is 375 g/mol. The zero-order chi connectivity index (χ0) is 19.5. The van der Waals surface area contributed by atoms with Gasteiger partial charge in [0.05, 0.1) is 17.4 Å². The van der Waals surface area contributed by atoms with Gasteiger partial charge < -0.3 is 9.64 Å². The molecule has 0 N–H and O–H groups in total. The zero-order valence-electron chi connectivity index (χ0n) is 16.3. The standard InChI is InChI=1S/C23H25N3O2/c1-17-9-6-7-13-20(17)22-21(16-26(24-22)18-10-4-3-5-11-18)23(27)25(2)15-19-12-8-14-28-19/h3-7,9-11,13,16,19H,8,12,14-15H2,1-2H3. The maximum absolute atomic E-state index is 13.3. The SMILES string of the molecule is Cc1ccccc1-c1nn(-c2ccccc2)cc1C(=O)N(C)CC1CCCO1. The lowest BCUT2D eigenvalue weighted by molar-refractivity contribution is 0.0587. The number of para-hydroxylation sites is 1. The van der Waals surface area contributed by atoms with Crippen LogP contribution in [0.3, 0.4) is 0 Å². The summed E-state index contributed by atoms with van der Waals surface area (Å²) in [5, 5.41) is 4.78. The summed E-state index contributed by atoms with van der Waals surface area (Å²) in [5.74, 6) is -0.0315. The van der Waals surface area contributed by atoms with Gasteiger partial charge in [0, 0.05) is 32.0 Å². The van der Waals surface area contributed by atoms with Gasteiger partial charge in [-0.2, -0.15) is 5.10 Å². The maximum Gasteiger partial charge on any atom is 0.257 e. The second-order valence-electron chi connectivity index (χ2n) is 7.31. The van der Waals surface area contributed by atoms with Crippen LogP contribution in [0.4, 0.5) is 0 Å². The molecule has 2 aromatic carbocycles. The predicted octanol–water partition coefficient (Wildman–Crippen LogP) is 4.10. The fraction of sp³-hybridized carbons (Fsp3) is 0.304. The van der Waals surface area contributed by atoms with E-state index in [-0.39, 0.29) is 12.0 Å². The van der Waals surface area contributed by atoms with Crippen molar-refractivity contribution in [2.45, 2.75) is 25.9 Å². The van der Waals surface area contributed by atoms with E-state index in [9.17, 15) is 4.79 Å². The molecule has 0 spiro atoms. The van der Waals surface area contributed by atoms with E-state index >= 15 is 0 Å². The summed E-state index contributed by atoms with van der Waals surface area (Å²) < 4.78 is 7.49. The van der Waals surface area contributed by atoms with Crippen molar-refractivity contribution in [3.63, 3.8) is 0 Å². The van der Waals surface area contributed by atoms with E-state index < -0.39 is 0 Å². The minimum atomic E-state index is -0.0315. The molecule has 28 heavy (non-hydrogen) atoms. The third-order valence-electron chi connectivity index (χ3n) is 5.21. The van der Waals surface area contributed by atoms with Crippen LogP contribution < -0.4 is 0 Å². The number of nitrogens with zero attached hydrogens (tertiary/aromatic N) is 3. The average molecular weight is 375 g/mol. The first-order valence-electron chi connectivity index (χ1n) is 9.71. The fourth-order valence-electron chi connectivity index (χ4n) is 3.66. The van der Waals surface area contributed by atoms with Crippen LogP contribution in [0.15, 0.2) is 60.8 Å². The van der Waals surface area contributed by atoms with Crippen molar-refractivity contribution >= 4 is 5.91 Å². The normalized spacial score (nSPS) is 16.3. The zero-order valence-corrected chi connectivity index (χ0v) is 16.3. The topological polar surface area (TPSA) is 47.4 Å². The highest BCUT2D eigenvalue weighted by atomic mass is 16.5. The van der Waals surface area contributed by atoms with E-state index in [4.69, 9.17) is 9.84 Å². The number of benzene rings is 2. The van der Waals surface area contributed by atoms with E-state index in [1.165, 1.54) is 0 Å². The van der Waals surface area contributed by atoms with Crippen LogP contribution in [-0.4, -0.2) is 46.9 Å². The Morgan fingerprint density at radius 2 is 1.93 bits per heavy atom. The Morgan fingerprint density at radius 1 is 1.18 bits per heavy atom. The van der Waals surface area contributed by atoms with E-state index in [1.807, 2.05) is 74.8 Å². The largest absolute Gasteiger partial charge is 0.376 e. The van der Waals surface area contributed by atoms with Crippen molar-refractivity contribution in [2.75, 3.05) is 20.2 Å². The summed E-state index contributed by atoms with van der Waals surface area (Å²) >= 11 is 0. The lowest BCUT2D eigenvalue weighted by Crippen LogP contribution is -2.34. The van der Waals surface area contributed by atoms with Gasteiger partial charge in [-0.1, -0.05) is 42.5 Å². The van der Waals surface area contributed by atoms with E-state index in [2.05, 4.69) is 0 Å². The Labute approximate surface area is 165 Å². The molecule has 5 heteroatoms. The summed E-state index contributed by atoms with van der Waals surface area (Å²) in [6.45, 7) is 3.43. The number of amides is 1. The highest BCUT2D eigenvalue weighted by Gasteiger charge is 2.25. The molecule has 1 aliphatic rings. The van der Waals surface area contributed by atoms with E-state index in [1.54, 1.807) is 9.58 Å². The van der Waals surface area contributed by atoms with Crippen molar-refractivity contribution < 1.29 is 9.53 Å². The Bertz CT molecular complexity index is 959. The second kappa shape index (κ2) is 7.98. The van der Waals surface area contributed by atoms with Crippen LogP contribution in [0.1, 0.15) is 28.8 Å². The summed E-state index contributed by atoms with van der Waals surface area (Å²) in [4.78, 5) is 15.1. The summed E-state index contributed by atoms with van der Waals surface area (Å²) in [6, 6.07) is 17.9. The maximum atomic E-state index is 13.3. The first kappa shape index (κ1) is 18.4.